The summed E-state index contributed by atoms with van der Waals surface area (Å²) in [7, 11) is 2.88. The number of carboxylic acids is 2. The molecule has 29 heteroatoms. The molecule has 3 aromatic carbocycles. The number of ether oxygens (including phenoxy) is 8. The van der Waals surface area contributed by atoms with Crippen molar-refractivity contribution >= 4 is 81.6 Å². The summed E-state index contributed by atoms with van der Waals surface area (Å²) in [4.78, 5) is 84.2. The lowest BCUT2D eigenvalue weighted by Gasteiger charge is -2.57. The maximum atomic E-state index is 12.9. The number of nitrogens with one attached hydrogen (secondary N) is 3. The Kier molecular flexibility index (Phi) is 20.3. The second kappa shape index (κ2) is 28.7. The van der Waals surface area contributed by atoms with Crippen LogP contribution in [-0.4, -0.2) is 128 Å². The zero-order chi connectivity index (χ0) is 66.3. The van der Waals surface area contributed by atoms with E-state index in [-0.39, 0.29) is 127 Å². The number of esters is 1. The van der Waals surface area contributed by atoms with E-state index in [9.17, 15) is 39.0 Å². The first kappa shape index (κ1) is 66.4. The summed E-state index contributed by atoms with van der Waals surface area (Å²) in [5.74, 6) is -2.30. The highest BCUT2D eigenvalue weighted by atomic mass is 35.5. The van der Waals surface area contributed by atoms with Crippen LogP contribution in [0.4, 0.5) is 9.59 Å². The Balaban J connectivity index is 0.000000145. The number of thiazole rings is 3. The Labute approximate surface area is 557 Å². The summed E-state index contributed by atoms with van der Waals surface area (Å²) >= 11 is 8.91. The van der Waals surface area contributed by atoms with E-state index in [1.165, 1.54) is 14.2 Å². The third-order valence-corrected chi connectivity index (χ3v) is 20.8. The minimum absolute atomic E-state index is 0.0117. The molecular weight excluding hydrogens is 1290 g/mol. The van der Waals surface area contributed by atoms with Crippen LogP contribution in [0.15, 0.2) is 91.1 Å². The number of nitriles is 1. The predicted octanol–water partition coefficient (Wildman–Crippen LogP) is 11.4. The molecule has 25 nitrogen and oxygen atoms in total. The number of nitrogens with zero attached hydrogens (tertiary/aromatic N) is 6. The largest absolute Gasteiger partial charge is 0.477 e. The number of aromatic nitrogens is 5. The molecule has 7 aromatic rings. The van der Waals surface area contributed by atoms with Gasteiger partial charge in [0.1, 0.15) is 31.5 Å². The molecule has 0 unspecified atom stereocenters. The molecule has 0 saturated heterocycles. The molecule has 3 amide bonds. The maximum Gasteiger partial charge on any atom is 0.407 e. The van der Waals surface area contributed by atoms with Crippen LogP contribution in [0.5, 0.6) is 28.0 Å². The smallest absolute Gasteiger partial charge is 0.407 e. The number of hydrogen-bond donors (Lipinski definition) is 5. The molecule has 0 atom stereocenters. The van der Waals surface area contributed by atoms with Gasteiger partial charge in [0.15, 0.2) is 19.1 Å². The summed E-state index contributed by atoms with van der Waals surface area (Å²) in [6, 6.07) is 28.6. The molecule has 6 aliphatic carbocycles. The normalized spacial score (nSPS) is 23.9. The van der Waals surface area contributed by atoms with E-state index in [0.717, 1.165) is 134 Å². The number of hydrogen-bond acceptors (Lipinski definition) is 22. The minimum atomic E-state index is -1.08. The lowest BCUT2D eigenvalue weighted by molar-refractivity contribution is -0.0861. The molecule has 6 aliphatic rings. The number of rotatable bonds is 21. The lowest BCUT2D eigenvalue weighted by atomic mass is 9.53. The standard InChI is InChI=1S/C24H23N5O5S.C21H23ClN2O5S.C20H22N2O6S/c1-13-18(12-26-29(13)16-5-3-14(11-25)4-6-16)20(30)27-15-7-24(8-15)9-17(10-24)34-21-19(22(31)32)35-23(28-21)33-2;1-2-27-18(25)16-17(24-19(22)30-16)29-15-10-21(11-15)8-14(9-21)23-20(26)28-12-13-6-4-3-5-7-13;1-26-19-22-16(15(29-19)17(23)24)28-14-9-20(10-14)7-13(8-20)21-18(25)27-11-12-5-3-2-4-6-12/h3-6,12,15,17H,7-10H2,1-2H3,(H,27,30)(H,31,32);3-7,14-15H,2,8-12H2,1H3,(H,23,26);2-6,13-14H,7-11H2,1H3,(H,21,25)(H,23,24). The molecule has 0 bridgehead atoms. The zero-order valence-corrected chi connectivity index (χ0v) is 54.8. The number of carboxylic acid groups (broad SMARTS) is 2. The van der Waals surface area contributed by atoms with Crippen LogP contribution in [0, 0.1) is 34.5 Å². The van der Waals surface area contributed by atoms with Gasteiger partial charge in [0.2, 0.25) is 17.6 Å². The van der Waals surface area contributed by atoms with Crippen LogP contribution in [-0.2, 0) is 27.4 Å². The first-order valence-electron chi connectivity index (χ1n) is 30.4. The van der Waals surface area contributed by atoms with Crippen LogP contribution in [0.3, 0.4) is 0 Å². The number of carbonyl (C=O) groups is 6. The van der Waals surface area contributed by atoms with Gasteiger partial charge in [-0.2, -0.15) is 25.3 Å². The first-order valence-corrected chi connectivity index (χ1v) is 33.3. The average Bonchev–Trinajstić information content (AvgIpc) is 0.768. The maximum absolute atomic E-state index is 12.9. The highest BCUT2D eigenvalue weighted by Crippen LogP contribution is 2.59. The van der Waals surface area contributed by atoms with Gasteiger partial charge < -0.3 is 64.1 Å². The molecule has 3 spiro atoms. The van der Waals surface area contributed by atoms with Crippen molar-refractivity contribution in [2.24, 2.45) is 16.2 Å². The van der Waals surface area contributed by atoms with Gasteiger partial charge >= 0.3 is 30.1 Å². The van der Waals surface area contributed by atoms with E-state index in [4.69, 9.17) is 54.8 Å². The van der Waals surface area contributed by atoms with Gasteiger partial charge in [0.05, 0.1) is 55.6 Å². The van der Waals surface area contributed by atoms with Gasteiger partial charge in [-0.05, 0) is 143 Å². The molecule has 0 radical (unpaired) electrons. The molecule has 5 N–H and O–H groups in total. The summed E-state index contributed by atoms with van der Waals surface area (Å²) in [5.41, 5.74) is 4.97. The van der Waals surface area contributed by atoms with Crippen molar-refractivity contribution in [1.82, 2.24) is 40.7 Å². The van der Waals surface area contributed by atoms with Crippen molar-refractivity contribution in [3.8, 4) is 39.8 Å². The highest BCUT2D eigenvalue weighted by Gasteiger charge is 2.57. The van der Waals surface area contributed by atoms with E-state index < -0.39 is 24.0 Å². The minimum Gasteiger partial charge on any atom is -0.477 e. The predicted molar refractivity (Wildman–Crippen MR) is 342 cm³/mol. The van der Waals surface area contributed by atoms with E-state index in [2.05, 4.69) is 42.1 Å². The Morgan fingerprint density at radius 1 is 0.596 bits per heavy atom. The van der Waals surface area contributed by atoms with Crippen molar-refractivity contribution in [3.05, 3.63) is 138 Å². The molecule has 4 heterocycles. The van der Waals surface area contributed by atoms with Gasteiger partial charge in [0, 0.05) is 18.1 Å². The number of alkyl carbamates (subject to hydrolysis) is 2. The lowest BCUT2D eigenvalue weighted by Crippen LogP contribution is -2.58. The fourth-order valence-corrected chi connectivity index (χ4v) is 15.5. The number of halogens is 1. The Morgan fingerprint density at radius 2 is 1.02 bits per heavy atom. The SMILES string of the molecule is CCOC(=O)c1sc(Cl)nc1OC1CC2(CC(NC(=O)OCc3ccccc3)C2)C1.COc1nc(OC2CC3(CC(NC(=O)OCc4ccccc4)C3)C2)c(C(=O)O)s1.COc1nc(OC2CC3(CC(NC(=O)c4cnn(-c5ccc(C#N)cc5)c4C)C3)C2)c(C(=O)O)s1. The van der Waals surface area contributed by atoms with Crippen LogP contribution in [0.2, 0.25) is 4.47 Å². The molecule has 94 heavy (non-hydrogen) atoms. The monoisotopic (exact) mass is 1360 g/mol. The second-order valence-electron chi connectivity index (χ2n) is 24.4. The zero-order valence-electron chi connectivity index (χ0n) is 51.6. The number of amides is 3. The fourth-order valence-electron chi connectivity index (χ4n) is 13.3. The number of carbonyl (C=O) groups excluding carboxylic acids is 4. The summed E-state index contributed by atoms with van der Waals surface area (Å²) in [6.07, 6.45) is 10.8. The van der Waals surface area contributed by atoms with E-state index in [0.29, 0.717) is 16.0 Å². The molecule has 494 valence electrons. The summed E-state index contributed by atoms with van der Waals surface area (Å²) < 4.78 is 45.1. The van der Waals surface area contributed by atoms with Crippen molar-refractivity contribution in [1.29, 1.82) is 5.26 Å². The van der Waals surface area contributed by atoms with Gasteiger partial charge in [0.25, 0.3) is 16.3 Å². The van der Waals surface area contributed by atoms with Gasteiger partial charge in [-0.25, -0.2) is 28.7 Å². The highest BCUT2D eigenvalue weighted by molar-refractivity contribution is 7.17. The van der Waals surface area contributed by atoms with Crippen LogP contribution in [0.25, 0.3) is 5.69 Å². The fraction of sp³-hybridized carbons (Fsp3) is 0.431. The number of methoxy groups -OCH3 is 2. The summed E-state index contributed by atoms with van der Waals surface area (Å²) in [6.45, 7) is 4.38. The molecule has 0 aliphatic heterocycles. The Hall–Kier alpha value is -9.04. The van der Waals surface area contributed by atoms with Crippen molar-refractivity contribution in [2.45, 2.75) is 141 Å². The van der Waals surface area contributed by atoms with E-state index in [1.54, 1.807) is 42.1 Å². The average molecular weight is 1360 g/mol. The van der Waals surface area contributed by atoms with Crippen molar-refractivity contribution in [2.75, 3.05) is 20.8 Å². The molecule has 6 fully saturated rings. The van der Waals surface area contributed by atoms with Gasteiger partial charge in [-0.3, -0.25) is 4.79 Å². The topological polar surface area (TPSA) is 333 Å². The van der Waals surface area contributed by atoms with Crippen LogP contribution >= 0.6 is 45.6 Å². The van der Waals surface area contributed by atoms with E-state index in [1.807, 2.05) is 67.6 Å². The summed E-state index contributed by atoms with van der Waals surface area (Å²) in [5, 5.41) is 41.4. The second-order valence-corrected chi connectivity index (χ2v) is 27.9. The van der Waals surface area contributed by atoms with Crippen molar-refractivity contribution in [3.63, 3.8) is 0 Å². The number of aromatic carboxylic acids is 2. The molecule has 4 aromatic heterocycles. The third kappa shape index (κ3) is 15.6. The van der Waals surface area contributed by atoms with Crippen LogP contribution < -0.4 is 39.6 Å². The third-order valence-electron chi connectivity index (χ3n) is 17.7. The molecule has 13 rings (SSSR count). The quantitative estimate of drug-likeness (QED) is 0.0330. The van der Waals surface area contributed by atoms with Gasteiger partial charge in [-0.15, -0.1) is 0 Å². The van der Waals surface area contributed by atoms with Crippen molar-refractivity contribution < 1.29 is 76.9 Å². The van der Waals surface area contributed by atoms with Crippen LogP contribution in [0.1, 0.15) is 146 Å². The van der Waals surface area contributed by atoms with Gasteiger partial charge in [-0.1, -0.05) is 106 Å². The number of benzene rings is 3. The Morgan fingerprint density at radius 3 is 1.43 bits per heavy atom. The molecule has 6 saturated carbocycles. The first-order chi connectivity index (χ1) is 45.2. The molecular formula is C65H68ClN9O16S3. The van der Waals surface area contributed by atoms with E-state index >= 15 is 0 Å². The Bertz CT molecular complexity index is 3910.